The fourth-order valence-corrected chi connectivity index (χ4v) is 1.98. The molecule has 0 aromatic rings. The number of carbonyl (C=O) groups is 1. The molecule has 0 spiro atoms. The van der Waals surface area contributed by atoms with Crippen molar-refractivity contribution in [2.45, 2.75) is 38.1 Å². The number of hydrogen-bond acceptors (Lipinski definition) is 2. The predicted octanol–water partition coefficient (Wildman–Crippen LogP) is 1.20. The molecule has 0 radical (unpaired) electrons. The molecule has 2 amide bonds. The van der Waals surface area contributed by atoms with Crippen LogP contribution in [0, 0.1) is 5.92 Å². The molecule has 1 aliphatic carbocycles. The van der Waals surface area contributed by atoms with Crippen LogP contribution in [0.25, 0.3) is 0 Å². The monoisotopic (exact) mass is 214 g/mol. The molecule has 0 heterocycles. The van der Waals surface area contributed by atoms with Crippen molar-refractivity contribution in [1.29, 1.82) is 0 Å². The zero-order chi connectivity index (χ0) is 11.5. The van der Waals surface area contributed by atoms with Gasteiger partial charge in [0.25, 0.3) is 0 Å². The van der Waals surface area contributed by atoms with Gasteiger partial charge in [-0.1, -0.05) is 6.92 Å². The molecule has 2 N–H and O–H groups in total. The lowest BCUT2D eigenvalue weighted by Crippen LogP contribution is -2.55. The summed E-state index contributed by atoms with van der Waals surface area (Å²) in [4.78, 5) is 13.1. The van der Waals surface area contributed by atoms with Crippen LogP contribution in [0.1, 0.15) is 32.6 Å². The van der Waals surface area contributed by atoms with Crippen molar-refractivity contribution < 1.29 is 9.90 Å². The van der Waals surface area contributed by atoms with E-state index in [1.165, 1.54) is 4.90 Å². The van der Waals surface area contributed by atoms with E-state index < -0.39 is 0 Å². The van der Waals surface area contributed by atoms with Gasteiger partial charge in [-0.05, 0) is 31.6 Å². The Morgan fingerprint density at radius 1 is 1.47 bits per heavy atom. The van der Waals surface area contributed by atoms with Crippen molar-refractivity contribution in [1.82, 2.24) is 10.2 Å². The van der Waals surface area contributed by atoms with Crippen molar-refractivity contribution in [3.05, 3.63) is 0 Å². The number of urea groups is 1. The third-order valence-corrected chi connectivity index (χ3v) is 3.31. The second-order valence-corrected chi connectivity index (χ2v) is 4.95. The van der Waals surface area contributed by atoms with Gasteiger partial charge in [-0.25, -0.2) is 4.79 Å². The van der Waals surface area contributed by atoms with E-state index in [0.29, 0.717) is 5.92 Å². The van der Waals surface area contributed by atoms with E-state index in [2.05, 4.69) is 12.2 Å². The summed E-state index contributed by atoms with van der Waals surface area (Å²) in [5.41, 5.74) is -0.381. The topological polar surface area (TPSA) is 52.6 Å². The van der Waals surface area contributed by atoms with Crippen LogP contribution >= 0.6 is 0 Å². The van der Waals surface area contributed by atoms with Gasteiger partial charge in [0.05, 0.1) is 12.1 Å². The Morgan fingerprint density at radius 3 is 2.40 bits per heavy atom. The van der Waals surface area contributed by atoms with Crippen LogP contribution in [0.5, 0.6) is 0 Å². The number of nitrogens with one attached hydrogen (secondary N) is 1. The molecular formula is C11H22N2O2. The first-order valence-corrected chi connectivity index (χ1v) is 5.59. The lowest BCUT2D eigenvalue weighted by Gasteiger charge is -2.39. The average Bonchev–Trinajstić information content (AvgIpc) is 2.21. The van der Waals surface area contributed by atoms with Crippen molar-refractivity contribution >= 4 is 6.03 Å². The standard InChI is InChI=1S/C11H22N2O2/c1-9-4-6-11(8-14,7-5-9)12-10(15)13(2)3/h9,14H,4-8H2,1-3H3,(H,12,15). The first-order valence-electron chi connectivity index (χ1n) is 5.59. The summed E-state index contributed by atoms with van der Waals surface area (Å²) in [5, 5.41) is 12.4. The molecule has 88 valence electrons. The molecule has 0 aromatic carbocycles. The molecular weight excluding hydrogens is 192 g/mol. The number of rotatable bonds is 2. The molecule has 0 bridgehead atoms. The number of nitrogens with zero attached hydrogens (tertiary/aromatic N) is 1. The van der Waals surface area contributed by atoms with Gasteiger partial charge in [0.1, 0.15) is 0 Å². The van der Waals surface area contributed by atoms with Crippen LogP contribution < -0.4 is 5.32 Å². The molecule has 1 saturated carbocycles. The third kappa shape index (κ3) is 3.09. The molecule has 0 aliphatic heterocycles. The second-order valence-electron chi connectivity index (χ2n) is 4.95. The van der Waals surface area contributed by atoms with Crippen LogP contribution in [0.4, 0.5) is 4.79 Å². The Bertz CT molecular complexity index is 221. The second kappa shape index (κ2) is 4.84. The highest BCUT2D eigenvalue weighted by Gasteiger charge is 2.35. The quantitative estimate of drug-likeness (QED) is 0.725. The van der Waals surface area contributed by atoms with Crippen LogP contribution in [0.3, 0.4) is 0 Å². The normalized spacial score (nSPS) is 31.1. The van der Waals surface area contributed by atoms with E-state index >= 15 is 0 Å². The van der Waals surface area contributed by atoms with E-state index in [-0.39, 0.29) is 18.2 Å². The van der Waals surface area contributed by atoms with Gasteiger partial charge in [-0.3, -0.25) is 0 Å². The molecule has 0 aromatic heterocycles. The zero-order valence-corrected chi connectivity index (χ0v) is 9.92. The Kier molecular flexibility index (Phi) is 3.97. The fraction of sp³-hybridized carbons (Fsp3) is 0.909. The molecule has 1 rings (SSSR count). The summed E-state index contributed by atoms with van der Waals surface area (Å²) < 4.78 is 0. The number of carbonyl (C=O) groups excluding carboxylic acids is 1. The molecule has 1 fully saturated rings. The van der Waals surface area contributed by atoms with Crippen molar-refractivity contribution in [3.8, 4) is 0 Å². The van der Waals surface area contributed by atoms with Crippen LogP contribution in [-0.2, 0) is 0 Å². The summed E-state index contributed by atoms with van der Waals surface area (Å²) in [6.45, 7) is 2.26. The van der Waals surface area contributed by atoms with Crippen molar-refractivity contribution in [3.63, 3.8) is 0 Å². The van der Waals surface area contributed by atoms with E-state index in [9.17, 15) is 9.90 Å². The number of hydrogen-bond donors (Lipinski definition) is 2. The van der Waals surface area contributed by atoms with E-state index in [1.807, 2.05) is 0 Å². The van der Waals surface area contributed by atoms with E-state index in [4.69, 9.17) is 0 Å². The lowest BCUT2D eigenvalue weighted by atomic mass is 9.77. The minimum Gasteiger partial charge on any atom is -0.394 e. The van der Waals surface area contributed by atoms with Gasteiger partial charge in [0, 0.05) is 14.1 Å². The fourth-order valence-electron chi connectivity index (χ4n) is 1.98. The smallest absolute Gasteiger partial charge is 0.317 e. The summed E-state index contributed by atoms with van der Waals surface area (Å²) in [6.07, 6.45) is 3.91. The maximum Gasteiger partial charge on any atom is 0.317 e. The van der Waals surface area contributed by atoms with Gasteiger partial charge in [0.15, 0.2) is 0 Å². The number of amides is 2. The van der Waals surface area contributed by atoms with Crippen LogP contribution in [-0.4, -0.2) is 42.3 Å². The summed E-state index contributed by atoms with van der Waals surface area (Å²) in [5.74, 6) is 0.709. The molecule has 4 heteroatoms. The Labute approximate surface area is 91.6 Å². The minimum atomic E-state index is -0.381. The molecule has 0 saturated heterocycles. The molecule has 4 nitrogen and oxygen atoms in total. The Morgan fingerprint density at radius 2 is 2.00 bits per heavy atom. The third-order valence-electron chi connectivity index (χ3n) is 3.31. The van der Waals surface area contributed by atoms with Gasteiger partial charge in [-0.2, -0.15) is 0 Å². The first-order chi connectivity index (χ1) is 6.99. The maximum absolute atomic E-state index is 11.6. The molecule has 1 aliphatic rings. The highest BCUT2D eigenvalue weighted by Crippen LogP contribution is 2.31. The average molecular weight is 214 g/mol. The Balaban J connectivity index is 2.57. The van der Waals surface area contributed by atoms with Gasteiger partial charge >= 0.3 is 6.03 Å². The predicted molar refractivity (Wildman–Crippen MR) is 59.7 cm³/mol. The molecule has 15 heavy (non-hydrogen) atoms. The highest BCUT2D eigenvalue weighted by molar-refractivity contribution is 5.74. The summed E-state index contributed by atoms with van der Waals surface area (Å²) in [6, 6.07) is -0.112. The van der Waals surface area contributed by atoms with Crippen molar-refractivity contribution in [2.24, 2.45) is 5.92 Å². The lowest BCUT2D eigenvalue weighted by molar-refractivity contribution is 0.105. The van der Waals surface area contributed by atoms with Gasteiger partial charge in [0.2, 0.25) is 0 Å². The zero-order valence-electron chi connectivity index (χ0n) is 9.92. The highest BCUT2D eigenvalue weighted by atomic mass is 16.3. The molecule has 0 unspecified atom stereocenters. The molecule has 0 atom stereocenters. The Hall–Kier alpha value is -0.770. The van der Waals surface area contributed by atoms with Crippen LogP contribution in [0.2, 0.25) is 0 Å². The number of aliphatic hydroxyl groups is 1. The van der Waals surface area contributed by atoms with Gasteiger partial charge < -0.3 is 15.3 Å². The largest absolute Gasteiger partial charge is 0.394 e. The van der Waals surface area contributed by atoms with E-state index in [0.717, 1.165) is 25.7 Å². The van der Waals surface area contributed by atoms with Crippen molar-refractivity contribution in [2.75, 3.05) is 20.7 Å². The number of aliphatic hydroxyl groups excluding tert-OH is 1. The SMILES string of the molecule is CC1CCC(CO)(NC(=O)N(C)C)CC1. The van der Waals surface area contributed by atoms with Gasteiger partial charge in [-0.15, -0.1) is 0 Å². The maximum atomic E-state index is 11.6. The summed E-state index contributed by atoms with van der Waals surface area (Å²) in [7, 11) is 3.43. The summed E-state index contributed by atoms with van der Waals surface area (Å²) >= 11 is 0. The van der Waals surface area contributed by atoms with E-state index in [1.54, 1.807) is 14.1 Å². The minimum absolute atomic E-state index is 0.0410. The van der Waals surface area contributed by atoms with Crippen LogP contribution in [0.15, 0.2) is 0 Å². The first kappa shape index (κ1) is 12.3.